The summed E-state index contributed by atoms with van der Waals surface area (Å²) in [6.07, 6.45) is 6.36. The van der Waals surface area contributed by atoms with Gasteiger partial charge in [0.15, 0.2) is 0 Å². The minimum absolute atomic E-state index is 0.0414. The van der Waals surface area contributed by atoms with Crippen molar-refractivity contribution >= 4 is 5.78 Å². The Hall–Kier alpha value is -1.62. The first-order chi connectivity index (χ1) is 11.6. The van der Waals surface area contributed by atoms with Crippen LogP contribution in [0.3, 0.4) is 0 Å². The van der Waals surface area contributed by atoms with Crippen molar-refractivity contribution in [1.29, 1.82) is 5.26 Å². The smallest absolute Gasteiger partial charge is 0.139 e. The third-order valence-corrected chi connectivity index (χ3v) is 7.03. The molecule has 0 saturated heterocycles. The van der Waals surface area contributed by atoms with Gasteiger partial charge in [0, 0.05) is 11.8 Å². The highest BCUT2D eigenvalue weighted by molar-refractivity contribution is 5.87. The first-order valence-corrected chi connectivity index (χ1v) is 9.62. The number of hydrogen-bond acceptors (Lipinski definition) is 2. The van der Waals surface area contributed by atoms with E-state index in [1.807, 2.05) is 19.9 Å². The van der Waals surface area contributed by atoms with Crippen LogP contribution in [0.15, 0.2) is 12.1 Å². The third-order valence-electron chi connectivity index (χ3n) is 7.03. The van der Waals surface area contributed by atoms with E-state index in [1.54, 1.807) is 0 Å². The molecule has 0 radical (unpaired) electrons. The number of rotatable bonds is 0. The van der Waals surface area contributed by atoms with Crippen molar-refractivity contribution in [3.63, 3.8) is 0 Å². The number of fused-ring (bicyclic) bond motifs is 5. The Morgan fingerprint density at radius 2 is 1.92 bits per heavy atom. The summed E-state index contributed by atoms with van der Waals surface area (Å²) in [6, 6.07) is 6.53. The second kappa shape index (κ2) is 6.36. The maximum Gasteiger partial charge on any atom is 0.139 e. The topological polar surface area (TPSA) is 40.9 Å². The van der Waals surface area contributed by atoms with Crippen LogP contribution in [0.2, 0.25) is 0 Å². The molecule has 4 rings (SSSR count). The van der Waals surface area contributed by atoms with Crippen LogP contribution in [0.4, 0.5) is 0 Å². The molecular formula is C22H29NO. The van der Waals surface area contributed by atoms with Gasteiger partial charge in [-0.05, 0) is 79.5 Å². The molecule has 128 valence electrons. The molecule has 3 aliphatic rings. The molecular weight excluding hydrogens is 294 g/mol. The summed E-state index contributed by atoms with van der Waals surface area (Å²) in [7, 11) is 0. The lowest BCUT2D eigenvalue weighted by Crippen LogP contribution is -2.42. The molecule has 0 amide bonds. The summed E-state index contributed by atoms with van der Waals surface area (Å²) in [6.45, 7) is 8.33. The molecule has 1 aromatic rings. The average Bonchev–Trinajstić information content (AvgIpc) is 2.92. The maximum absolute atomic E-state index is 12.4. The quantitative estimate of drug-likeness (QED) is 0.648. The summed E-state index contributed by atoms with van der Waals surface area (Å²) >= 11 is 0. The third kappa shape index (κ3) is 2.32. The predicted molar refractivity (Wildman–Crippen MR) is 96.9 cm³/mol. The van der Waals surface area contributed by atoms with Crippen LogP contribution >= 0.6 is 0 Å². The molecule has 0 bridgehead atoms. The molecule has 0 aromatic heterocycles. The average molecular weight is 323 g/mol. The van der Waals surface area contributed by atoms with Gasteiger partial charge in [-0.3, -0.25) is 4.79 Å². The number of nitriles is 1. The van der Waals surface area contributed by atoms with E-state index >= 15 is 0 Å². The van der Waals surface area contributed by atoms with Gasteiger partial charge in [0.05, 0.1) is 11.6 Å². The second-order valence-electron chi connectivity index (χ2n) is 7.75. The Morgan fingerprint density at radius 3 is 2.62 bits per heavy atom. The van der Waals surface area contributed by atoms with Gasteiger partial charge in [-0.15, -0.1) is 0 Å². The fraction of sp³-hybridized carbons (Fsp3) is 0.636. The van der Waals surface area contributed by atoms with Crippen LogP contribution in [0, 0.1) is 35.5 Å². The standard InChI is InChI=1S/C20H23NO.C2H6/c1-12-13(11-21)3-4-15-14(12)5-6-17-16(15)9-10-20(2)18(17)7-8-19(20)22;1-2/h3-4,16-18H,5-10H2,1-2H3;1-2H3/t16?,17?,18?,20-;/m0./s1. The number of Topliss-reactive ketones (excluding diaryl/α,β-unsaturated/α-hetero) is 1. The Bertz CT molecular complexity index is 699. The zero-order valence-corrected chi connectivity index (χ0v) is 15.5. The number of hydrogen-bond donors (Lipinski definition) is 0. The van der Waals surface area contributed by atoms with Crippen LogP contribution < -0.4 is 0 Å². The van der Waals surface area contributed by atoms with Crippen molar-refractivity contribution in [3.05, 3.63) is 34.4 Å². The van der Waals surface area contributed by atoms with E-state index in [4.69, 9.17) is 0 Å². The molecule has 2 fully saturated rings. The molecule has 3 unspecified atom stereocenters. The summed E-state index contributed by atoms with van der Waals surface area (Å²) in [5.74, 6) is 2.38. The van der Waals surface area contributed by atoms with E-state index in [0.29, 0.717) is 23.5 Å². The van der Waals surface area contributed by atoms with Crippen LogP contribution in [-0.4, -0.2) is 5.78 Å². The molecule has 2 heteroatoms. The molecule has 2 nitrogen and oxygen atoms in total. The van der Waals surface area contributed by atoms with Crippen molar-refractivity contribution in [2.75, 3.05) is 0 Å². The lowest BCUT2D eigenvalue weighted by atomic mass is 9.55. The molecule has 0 spiro atoms. The fourth-order valence-corrected chi connectivity index (χ4v) is 5.74. The lowest BCUT2D eigenvalue weighted by molar-refractivity contribution is -0.129. The van der Waals surface area contributed by atoms with Crippen molar-refractivity contribution in [1.82, 2.24) is 0 Å². The highest BCUT2D eigenvalue weighted by atomic mass is 16.1. The van der Waals surface area contributed by atoms with Crippen molar-refractivity contribution in [2.45, 2.75) is 72.1 Å². The largest absolute Gasteiger partial charge is 0.299 e. The number of ketones is 1. The zero-order chi connectivity index (χ0) is 17.5. The van der Waals surface area contributed by atoms with Crippen LogP contribution in [0.5, 0.6) is 0 Å². The van der Waals surface area contributed by atoms with Gasteiger partial charge in [0.1, 0.15) is 5.78 Å². The van der Waals surface area contributed by atoms with Crippen LogP contribution in [0.25, 0.3) is 0 Å². The number of carbonyl (C=O) groups excluding carboxylic acids is 1. The van der Waals surface area contributed by atoms with E-state index in [2.05, 4.69) is 26.0 Å². The van der Waals surface area contributed by atoms with Gasteiger partial charge >= 0.3 is 0 Å². The second-order valence-corrected chi connectivity index (χ2v) is 7.75. The van der Waals surface area contributed by atoms with Gasteiger partial charge < -0.3 is 0 Å². The van der Waals surface area contributed by atoms with Crippen LogP contribution in [0.1, 0.15) is 81.0 Å². The minimum atomic E-state index is -0.0414. The molecule has 0 aliphatic heterocycles. The Balaban J connectivity index is 0.000000815. The highest BCUT2D eigenvalue weighted by Crippen LogP contribution is 2.59. The van der Waals surface area contributed by atoms with E-state index in [0.717, 1.165) is 37.7 Å². The van der Waals surface area contributed by atoms with E-state index in [9.17, 15) is 10.1 Å². The van der Waals surface area contributed by atoms with E-state index in [1.165, 1.54) is 23.1 Å². The zero-order valence-electron chi connectivity index (χ0n) is 15.5. The molecule has 4 atom stereocenters. The summed E-state index contributed by atoms with van der Waals surface area (Å²) < 4.78 is 0. The van der Waals surface area contributed by atoms with Crippen molar-refractivity contribution < 1.29 is 4.79 Å². The van der Waals surface area contributed by atoms with E-state index < -0.39 is 0 Å². The molecule has 1 aromatic carbocycles. The first-order valence-electron chi connectivity index (χ1n) is 9.62. The Kier molecular flexibility index (Phi) is 4.56. The number of carbonyl (C=O) groups is 1. The van der Waals surface area contributed by atoms with Crippen LogP contribution in [-0.2, 0) is 11.2 Å². The van der Waals surface area contributed by atoms with Gasteiger partial charge in [0.2, 0.25) is 0 Å². The molecule has 0 N–H and O–H groups in total. The first kappa shape index (κ1) is 17.2. The summed E-state index contributed by atoms with van der Waals surface area (Å²) in [5, 5.41) is 9.25. The molecule has 0 heterocycles. The molecule has 3 aliphatic carbocycles. The lowest BCUT2D eigenvalue weighted by Gasteiger charge is -2.48. The SMILES string of the molecule is CC.Cc1c(C#N)ccc2c1CCC1C2CC[C@]2(C)C(=O)CCC12. The van der Waals surface area contributed by atoms with Crippen molar-refractivity contribution in [3.8, 4) is 6.07 Å². The van der Waals surface area contributed by atoms with Gasteiger partial charge in [-0.1, -0.05) is 26.8 Å². The summed E-state index contributed by atoms with van der Waals surface area (Å²) in [5.41, 5.74) is 4.88. The normalized spacial score (nSPS) is 33.5. The van der Waals surface area contributed by atoms with Gasteiger partial charge in [-0.2, -0.15) is 5.26 Å². The maximum atomic E-state index is 12.4. The minimum Gasteiger partial charge on any atom is -0.299 e. The number of benzene rings is 1. The fourth-order valence-electron chi connectivity index (χ4n) is 5.74. The highest BCUT2D eigenvalue weighted by Gasteiger charge is 2.54. The molecule has 2 saturated carbocycles. The Morgan fingerprint density at radius 1 is 1.17 bits per heavy atom. The Labute approximate surface area is 146 Å². The summed E-state index contributed by atoms with van der Waals surface area (Å²) in [4.78, 5) is 12.4. The van der Waals surface area contributed by atoms with Gasteiger partial charge in [0.25, 0.3) is 0 Å². The number of nitrogens with zero attached hydrogens (tertiary/aromatic N) is 1. The molecule has 24 heavy (non-hydrogen) atoms. The van der Waals surface area contributed by atoms with Crippen molar-refractivity contribution in [2.24, 2.45) is 17.3 Å². The monoisotopic (exact) mass is 323 g/mol. The van der Waals surface area contributed by atoms with E-state index in [-0.39, 0.29) is 5.41 Å². The predicted octanol–water partition coefficient (Wildman–Crippen LogP) is 5.32. The van der Waals surface area contributed by atoms with Gasteiger partial charge in [-0.25, -0.2) is 0 Å².